The van der Waals surface area contributed by atoms with Crippen LogP contribution in [0, 0.1) is 6.92 Å². The second-order valence-electron chi connectivity index (χ2n) is 5.74. The molecule has 0 unspecified atom stereocenters. The molecule has 140 valence electrons. The summed E-state index contributed by atoms with van der Waals surface area (Å²) in [5.74, 6) is 2.17. The summed E-state index contributed by atoms with van der Waals surface area (Å²) >= 11 is 0. The smallest absolute Gasteiger partial charge is 0.161 e. The third kappa shape index (κ3) is 5.57. The average Bonchev–Trinajstić information content (AvgIpc) is 3.20. The van der Waals surface area contributed by atoms with Gasteiger partial charge in [0.2, 0.25) is 0 Å². The molecule has 27 heavy (non-hydrogen) atoms. The Labute approximate surface area is 158 Å². The maximum Gasteiger partial charge on any atom is 0.161 e. The lowest BCUT2D eigenvalue weighted by atomic mass is 10.2. The quantitative estimate of drug-likeness (QED) is 0.429. The van der Waals surface area contributed by atoms with E-state index in [9.17, 15) is 0 Å². The van der Waals surface area contributed by atoms with E-state index in [2.05, 4.69) is 15.3 Å². The van der Waals surface area contributed by atoms with Crippen molar-refractivity contribution in [3.05, 3.63) is 66.2 Å². The zero-order valence-electron chi connectivity index (χ0n) is 15.4. The fourth-order valence-corrected chi connectivity index (χ4v) is 2.33. The first-order valence-corrected chi connectivity index (χ1v) is 8.72. The summed E-state index contributed by atoms with van der Waals surface area (Å²) in [5.41, 5.74) is 2.09. The summed E-state index contributed by atoms with van der Waals surface area (Å²) in [6, 6.07) is 13.6. The van der Waals surface area contributed by atoms with E-state index in [1.165, 1.54) is 22.9 Å². The van der Waals surface area contributed by atoms with Crippen LogP contribution in [0.25, 0.3) is 0 Å². The van der Waals surface area contributed by atoms with Gasteiger partial charge in [-0.25, -0.2) is 4.68 Å². The number of hydrogen-bond donors (Lipinski definition) is 0. The van der Waals surface area contributed by atoms with Crippen LogP contribution in [0.15, 0.2) is 60.2 Å². The Morgan fingerprint density at radius 2 is 1.67 bits per heavy atom. The molecular weight excluding hydrogens is 344 g/mol. The first kappa shape index (κ1) is 18.4. The van der Waals surface area contributed by atoms with Gasteiger partial charge in [0, 0.05) is 0 Å². The van der Waals surface area contributed by atoms with E-state index in [1.54, 1.807) is 6.21 Å². The molecule has 0 spiro atoms. The molecule has 0 atom stereocenters. The Balaban J connectivity index is 1.57. The van der Waals surface area contributed by atoms with Crippen LogP contribution in [-0.2, 0) is 0 Å². The van der Waals surface area contributed by atoms with E-state index in [1.807, 2.05) is 56.3 Å². The minimum atomic E-state index is 0.419. The lowest BCUT2D eigenvalue weighted by Crippen LogP contribution is -2.10. The number of aromatic nitrogens is 3. The van der Waals surface area contributed by atoms with Crippen LogP contribution < -0.4 is 14.2 Å². The Morgan fingerprint density at radius 3 is 2.41 bits per heavy atom. The molecule has 0 aliphatic rings. The molecule has 0 radical (unpaired) electrons. The SMILES string of the molecule is CCOc1cc(/C=N/n2cnnc2)ccc1OCCOc1ccc(C)cc1. The summed E-state index contributed by atoms with van der Waals surface area (Å²) < 4.78 is 18.7. The van der Waals surface area contributed by atoms with Crippen molar-refractivity contribution in [1.82, 2.24) is 14.9 Å². The first-order valence-electron chi connectivity index (χ1n) is 8.72. The second-order valence-corrected chi connectivity index (χ2v) is 5.74. The molecule has 3 rings (SSSR count). The van der Waals surface area contributed by atoms with Crippen molar-refractivity contribution in [2.75, 3.05) is 19.8 Å². The molecule has 3 aromatic rings. The van der Waals surface area contributed by atoms with Crippen LogP contribution >= 0.6 is 0 Å². The third-order valence-electron chi connectivity index (χ3n) is 3.64. The van der Waals surface area contributed by atoms with Crippen molar-refractivity contribution in [1.29, 1.82) is 0 Å². The predicted molar refractivity (Wildman–Crippen MR) is 103 cm³/mol. The van der Waals surface area contributed by atoms with E-state index < -0.39 is 0 Å². The Kier molecular flexibility index (Phi) is 6.40. The molecule has 0 aliphatic carbocycles. The normalized spacial score (nSPS) is 10.9. The largest absolute Gasteiger partial charge is 0.490 e. The van der Waals surface area contributed by atoms with Crippen LogP contribution in [0.2, 0.25) is 0 Å². The number of hydrogen-bond acceptors (Lipinski definition) is 6. The minimum absolute atomic E-state index is 0.419. The van der Waals surface area contributed by atoms with Crippen molar-refractivity contribution in [2.24, 2.45) is 5.10 Å². The van der Waals surface area contributed by atoms with Gasteiger partial charge in [0.1, 0.15) is 31.6 Å². The lowest BCUT2D eigenvalue weighted by molar-refractivity contribution is 0.208. The highest BCUT2D eigenvalue weighted by molar-refractivity contribution is 5.80. The molecule has 2 aromatic carbocycles. The number of nitrogens with zero attached hydrogens (tertiary/aromatic N) is 4. The van der Waals surface area contributed by atoms with Crippen LogP contribution in [0.4, 0.5) is 0 Å². The monoisotopic (exact) mass is 366 g/mol. The Bertz CT molecular complexity index is 861. The van der Waals surface area contributed by atoms with Crippen LogP contribution in [0.3, 0.4) is 0 Å². The van der Waals surface area contributed by atoms with Gasteiger partial charge in [-0.15, -0.1) is 10.2 Å². The molecule has 0 amide bonds. The molecule has 0 bridgehead atoms. The summed E-state index contributed by atoms with van der Waals surface area (Å²) in [6.07, 6.45) is 4.74. The Morgan fingerprint density at radius 1 is 0.926 bits per heavy atom. The highest BCUT2D eigenvalue weighted by Gasteiger charge is 2.06. The second kappa shape index (κ2) is 9.38. The van der Waals surface area contributed by atoms with Gasteiger partial charge in [-0.2, -0.15) is 5.10 Å². The third-order valence-corrected chi connectivity index (χ3v) is 3.64. The van der Waals surface area contributed by atoms with Crippen LogP contribution in [0.1, 0.15) is 18.1 Å². The topological polar surface area (TPSA) is 70.8 Å². The van der Waals surface area contributed by atoms with E-state index in [0.29, 0.717) is 31.3 Å². The minimum Gasteiger partial charge on any atom is -0.490 e. The molecular formula is C20H22N4O3. The number of rotatable bonds is 9. The van der Waals surface area contributed by atoms with E-state index in [0.717, 1.165) is 11.3 Å². The van der Waals surface area contributed by atoms with Crippen molar-refractivity contribution >= 4 is 6.21 Å². The van der Waals surface area contributed by atoms with E-state index in [4.69, 9.17) is 14.2 Å². The van der Waals surface area contributed by atoms with Crippen molar-refractivity contribution < 1.29 is 14.2 Å². The van der Waals surface area contributed by atoms with E-state index >= 15 is 0 Å². The molecule has 7 nitrogen and oxygen atoms in total. The molecule has 0 N–H and O–H groups in total. The van der Waals surface area contributed by atoms with Gasteiger partial charge in [0.05, 0.1) is 12.8 Å². The molecule has 0 saturated heterocycles. The molecule has 1 aromatic heterocycles. The number of benzene rings is 2. The zero-order valence-corrected chi connectivity index (χ0v) is 15.4. The maximum atomic E-state index is 5.82. The molecule has 1 heterocycles. The predicted octanol–water partition coefficient (Wildman–Crippen LogP) is 3.33. The Hall–Kier alpha value is -3.35. The van der Waals surface area contributed by atoms with Gasteiger partial charge in [0.15, 0.2) is 11.5 Å². The van der Waals surface area contributed by atoms with Gasteiger partial charge < -0.3 is 14.2 Å². The van der Waals surface area contributed by atoms with Gasteiger partial charge in [-0.1, -0.05) is 17.7 Å². The zero-order chi connectivity index (χ0) is 18.9. The number of ether oxygens (including phenoxy) is 3. The van der Waals surface area contributed by atoms with Gasteiger partial charge >= 0.3 is 0 Å². The highest BCUT2D eigenvalue weighted by Crippen LogP contribution is 2.28. The van der Waals surface area contributed by atoms with Crippen molar-refractivity contribution in [2.45, 2.75) is 13.8 Å². The standard InChI is InChI=1S/C20H22N4O3/c1-3-25-20-12-17(13-23-24-14-21-22-15-24)6-9-19(20)27-11-10-26-18-7-4-16(2)5-8-18/h4-9,12-15H,3,10-11H2,1-2H3/b23-13+. The maximum absolute atomic E-state index is 5.82. The van der Waals surface area contributed by atoms with Gasteiger partial charge in [-0.3, -0.25) is 0 Å². The van der Waals surface area contributed by atoms with Crippen LogP contribution in [-0.4, -0.2) is 40.9 Å². The molecule has 0 aliphatic heterocycles. The molecule has 7 heteroatoms. The summed E-state index contributed by atoms with van der Waals surface area (Å²) in [4.78, 5) is 0. The summed E-state index contributed by atoms with van der Waals surface area (Å²) in [6.45, 7) is 5.39. The fourth-order valence-electron chi connectivity index (χ4n) is 2.33. The van der Waals surface area contributed by atoms with Gasteiger partial charge in [-0.05, 0) is 49.7 Å². The average molecular weight is 366 g/mol. The number of aryl methyl sites for hydroxylation is 1. The van der Waals surface area contributed by atoms with Gasteiger partial charge in [0.25, 0.3) is 0 Å². The fraction of sp³-hybridized carbons (Fsp3) is 0.250. The van der Waals surface area contributed by atoms with Crippen molar-refractivity contribution in [3.63, 3.8) is 0 Å². The molecule has 0 saturated carbocycles. The first-order chi connectivity index (χ1) is 13.2. The summed E-state index contributed by atoms with van der Waals surface area (Å²) in [7, 11) is 0. The highest BCUT2D eigenvalue weighted by atomic mass is 16.5. The summed E-state index contributed by atoms with van der Waals surface area (Å²) in [5, 5.41) is 11.6. The van der Waals surface area contributed by atoms with Crippen LogP contribution in [0.5, 0.6) is 17.2 Å². The molecule has 0 fully saturated rings. The van der Waals surface area contributed by atoms with Crippen molar-refractivity contribution in [3.8, 4) is 17.2 Å². The van der Waals surface area contributed by atoms with E-state index in [-0.39, 0.29) is 0 Å². The lowest BCUT2D eigenvalue weighted by Gasteiger charge is -2.13.